The molecule has 2 heterocycles. The molecule has 0 bridgehead atoms. The number of carbonyl (C=O) groups excluding carboxylic acids is 2. The molecule has 2 amide bonds. The maximum atomic E-state index is 12.6. The van der Waals surface area contributed by atoms with Crippen molar-refractivity contribution < 1.29 is 9.59 Å². The van der Waals surface area contributed by atoms with Crippen LogP contribution in [0.15, 0.2) is 18.2 Å². The minimum atomic E-state index is -0.131. The first-order chi connectivity index (χ1) is 12.6. The summed E-state index contributed by atoms with van der Waals surface area (Å²) in [6, 6.07) is 6.02. The average Bonchev–Trinajstić information content (AvgIpc) is 3.09. The standard InChI is InChI=1S/C19H27N5O2.2ClH/c1-13-4-2-6-15-18(13)23-16(22-15)7-8-17(25)24-11-3-5-14(12-24)19(26)21-10-9-20;;/h2,4,6,14H,3,5,7-12,20H2,1H3,(H,21,26)(H,22,23);2*1H. The number of likely N-dealkylation sites (tertiary alicyclic amines) is 1. The molecule has 3 rings (SSSR count). The lowest BCUT2D eigenvalue weighted by Crippen LogP contribution is -2.46. The number of fused-ring (bicyclic) bond motifs is 1. The lowest BCUT2D eigenvalue weighted by atomic mass is 9.96. The molecule has 0 spiro atoms. The number of nitrogens with one attached hydrogen (secondary N) is 2. The number of carbonyl (C=O) groups is 2. The largest absolute Gasteiger partial charge is 0.355 e. The molecule has 1 aromatic heterocycles. The lowest BCUT2D eigenvalue weighted by molar-refractivity contribution is -0.135. The van der Waals surface area contributed by atoms with Crippen molar-refractivity contribution in [1.29, 1.82) is 0 Å². The van der Waals surface area contributed by atoms with Crippen LogP contribution < -0.4 is 11.1 Å². The van der Waals surface area contributed by atoms with Crippen LogP contribution in [0.4, 0.5) is 0 Å². The van der Waals surface area contributed by atoms with Gasteiger partial charge in [-0.25, -0.2) is 4.98 Å². The number of para-hydroxylation sites is 1. The fraction of sp³-hybridized carbons (Fsp3) is 0.526. The van der Waals surface area contributed by atoms with E-state index in [-0.39, 0.29) is 42.5 Å². The molecule has 1 atom stereocenters. The summed E-state index contributed by atoms with van der Waals surface area (Å²) in [5, 5.41) is 2.82. The van der Waals surface area contributed by atoms with Crippen LogP contribution >= 0.6 is 24.8 Å². The predicted octanol–water partition coefficient (Wildman–Crippen LogP) is 1.96. The molecule has 1 fully saturated rings. The molecule has 4 N–H and O–H groups in total. The Morgan fingerprint density at radius 3 is 2.86 bits per heavy atom. The zero-order valence-corrected chi connectivity index (χ0v) is 17.7. The Morgan fingerprint density at radius 1 is 1.36 bits per heavy atom. The highest BCUT2D eigenvalue weighted by atomic mass is 35.5. The number of piperidine rings is 1. The first-order valence-electron chi connectivity index (χ1n) is 9.28. The zero-order chi connectivity index (χ0) is 18.5. The van der Waals surface area contributed by atoms with Crippen molar-refractivity contribution in [2.24, 2.45) is 11.7 Å². The van der Waals surface area contributed by atoms with E-state index in [4.69, 9.17) is 5.73 Å². The number of aromatic nitrogens is 2. The molecule has 2 aromatic rings. The summed E-state index contributed by atoms with van der Waals surface area (Å²) in [6.07, 6.45) is 2.66. The second kappa shape index (κ2) is 11.2. The summed E-state index contributed by atoms with van der Waals surface area (Å²) in [5.74, 6) is 0.782. The van der Waals surface area contributed by atoms with Gasteiger partial charge in [-0.1, -0.05) is 12.1 Å². The maximum Gasteiger partial charge on any atom is 0.224 e. The van der Waals surface area contributed by atoms with E-state index in [9.17, 15) is 9.59 Å². The molecule has 0 saturated carbocycles. The number of aromatic amines is 1. The molecular weight excluding hydrogens is 401 g/mol. The highest BCUT2D eigenvalue weighted by Gasteiger charge is 2.28. The number of aryl methyl sites for hydroxylation is 2. The normalized spacial score (nSPS) is 16.2. The third kappa shape index (κ3) is 5.83. The summed E-state index contributed by atoms with van der Waals surface area (Å²) in [7, 11) is 0. The Kier molecular flexibility index (Phi) is 9.72. The number of halogens is 2. The number of hydrogen-bond donors (Lipinski definition) is 3. The first-order valence-corrected chi connectivity index (χ1v) is 9.28. The Hall–Kier alpha value is -1.83. The fourth-order valence-electron chi connectivity index (χ4n) is 3.49. The van der Waals surface area contributed by atoms with Gasteiger partial charge in [-0.2, -0.15) is 0 Å². The second-order valence-corrected chi connectivity index (χ2v) is 6.91. The van der Waals surface area contributed by atoms with E-state index < -0.39 is 0 Å². The Morgan fingerprint density at radius 2 is 2.14 bits per heavy atom. The van der Waals surface area contributed by atoms with Gasteiger partial charge in [0.15, 0.2) is 0 Å². The highest BCUT2D eigenvalue weighted by Crippen LogP contribution is 2.19. The lowest BCUT2D eigenvalue weighted by Gasteiger charge is -2.32. The van der Waals surface area contributed by atoms with Crippen LogP contribution in [-0.2, 0) is 16.0 Å². The fourth-order valence-corrected chi connectivity index (χ4v) is 3.49. The van der Waals surface area contributed by atoms with Crippen molar-refractivity contribution in [3.05, 3.63) is 29.6 Å². The average molecular weight is 430 g/mol. The van der Waals surface area contributed by atoms with Gasteiger partial charge < -0.3 is 20.9 Å². The topological polar surface area (TPSA) is 104 Å². The molecule has 156 valence electrons. The van der Waals surface area contributed by atoms with Gasteiger partial charge in [0.05, 0.1) is 17.0 Å². The van der Waals surface area contributed by atoms with Crippen molar-refractivity contribution in [3.63, 3.8) is 0 Å². The van der Waals surface area contributed by atoms with Gasteiger partial charge in [-0.05, 0) is 31.4 Å². The second-order valence-electron chi connectivity index (χ2n) is 6.91. The molecule has 28 heavy (non-hydrogen) atoms. The zero-order valence-electron chi connectivity index (χ0n) is 16.1. The van der Waals surface area contributed by atoms with Crippen LogP contribution in [0.1, 0.15) is 30.7 Å². The molecule has 1 saturated heterocycles. The van der Waals surface area contributed by atoms with Crippen LogP contribution in [0.3, 0.4) is 0 Å². The van der Waals surface area contributed by atoms with Gasteiger partial charge in [0, 0.05) is 39.0 Å². The van der Waals surface area contributed by atoms with E-state index in [1.54, 1.807) is 0 Å². The van der Waals surface area contributed by atoms with E-state index >= 15 is 0 Å². The smallest absolute Gasteiger partial charge is 0.224 e. The van der Waals surface area contributed by atoms with Gasteiger partial charge >= 0.3 is 0 Å². The van der Waals surface area contributed by atoms with Crippen LogP contribution in [0, 0.1) is 12.8 Å². The van der Waals surface area contributed by atoms with Crippen molar-refractivity contribution in [2.75, 3.05) is 26.2 Å². The van der Waals surface area contributed by atoms with Gasteiger partial charge in [0.25, 0.3) is 0 Å². The molecule has 1 unspecified atom stereocenters. The van der Waals surface area contributed by atoms with Crippen LogP contribution in [0.5, 0.6) is 0 Å². The Bertz CT molecular complexity index is 796. The minimum Gasteiger partial charge on any atom is -0.355 e. The molecule has 0 radical (unpaired) electrons. The monoisotopic (exact) mass is 429 g/mol. The third-order valence-electron chi connectivity index (χ3n) is 4.93. The molecule has 7 nitrogen and oxygen atoms in total. The third-order valence-corrected chi connectivity index (χ3v) is 4.93. The van der Waals surface area contributed by atoms with Gasteiger partial charge in [0.1, 0.15) is 5.82 Å². The van der Waals surface area contributed by atoms with E-state index in [0.29, 0.717) is 32.5 Å². The Balaban J connectivity index is 0.00000196. The number of nitrogens with two attached hydrogens (primary N) is 1. The summed E-state index contributed by atoms with van der Waals surface area (Å²) >= 11 is 0. The van der Waals surface area contributed by atoms with Crippen LogP contribution in [-0.4, -0.2) is 52.9 Å². The quantitative estimate of drug-likeness (QED) is 0.652. The van der Waals surface area contributed by atoms with E-state index in [1.807, 2.05) is 30.0 Å². The molecular formula is C19H29Cl2N5O2. The number of imidazole rings is 1. The van der Waals surface area contributed by atoms with E-state index in [2.05, 4.69) is 15.3 Å². The summed E-state index contributed by atoms with van der Waals surface area (Å²) in [6.45, 7) is 4.15. The number of hydrogen-bond acceptors (Lipinski definition) is 4. The summed E-state index contributed by atoms with van der Waals surface area (Å²) in [5.41, 5.74) is 8.51. The number of amides is 2. The van der Waals surface area contributed by atoms with Crippen LogP contribution in [0.2, 0.25) is 0 Å². The number of nitrogens with zero attached hydrogens (tertiary/aromatic N) is 2. The molecule has 1 aromatic carbocycles. The number of H-pyrrole nitrogens is 1. The predicted molar refractivity (Wildman–Crippen MR) is 115 cm³/mol. The van der Waals surface area contributed by atoms with Crippen molar-refractivity contribution >= 4 is 47.7 Å². The molecule has 0 aliphatic carbocycles. The maximum absolute atomic E-state index is 12.6. The summed E-state index contributed by atoms with van der Waals surface area (Å²) < 4.78 is 0. The minimum absolute atomic E-state index is 0. The molecule has 1 aliphatic rings. The number of benzene rings is 1. The van der Waals surface area contributed by atoms with E-state index in [1.165, 1.54) is 0 Å². The van der Waals surface area contributed by atoms with Gasteiger partial charge in [0.2, 0.25) is 11.8 Å². The van der Waals surface area contributed by atoms with Crippen molar-refractivity contribution in [2.45, 2.75) is 32.6 Å². The van der Waals surface area contributed by atoms with Crippen molar-refractivity contribution in [1.82, 2.24) is 20.2 Å². The first kappa shape index (κ1) is 24.2. The Labute approximate surface area is 177 Å². The van der Waals surface area contributed by atoms with Gasteiger partial charge in [-0.3, -0.25) is 9.59 Å². The number of rotatable bonds is 6. The van der Waals surface area contributed by atoms with Gasteiger partial charge in [-0.15, -0.1) is 24.8 Å². The molecule has 1 aliphatic heterocycles. The SMILES string of the molecule is Cc1cccc2[nH]c(CCC(=O)N3CCCC(C(=O)NCCN)C3)nc12.Cl.Cl. The highest BCUT2D eigenvalue weighted by molar-refractivity contribution is 5.85. The van der Waals surface area contributed by atoms with E-state index in [0.717, 1.165) is 41.8 Å². The van der Waals surface area contributed by atoms with Crippen LogP contribution in [0.25, 0.3) is 11.0 Å². The molecule has 9 heteroatoms. The summed E-state index contributed by atoms with van der Waals surface area (Å²) in [4.78, 5) is 34.4. The van der Waals surface area contributed by atoms with Crippen molar-refractivity contribution in [3.8, 4) is 0 Å².